The molecule has 3 heterocycles. The van der Waals surface area contributed by atoms with Gasteiger partial charge in [0.1, 0.15) is 5.70 Å². The van der Waals surface area contributed by atoms with Gasteiger partial charge in [-0.3, -0.25) is 19.7 Å². The fourth-order valence-electron chi connectivity index (χ4n) is 6.67. The Morgan fingerprint density at radius 3 is 2.55 bits per heavy atom. The van der Waals surface area contributed by atoms with Crippen LogP contribution in [-0.4, -0.2) is 53.1 Å². The van der Waals surface area contributed by atoms with E-state index in [1.165, 1.54) is 28.4 Å². The van der Waals surface area contributed by atoms with Gasteiger partial charge < -0.3 is 14.4 Å². The van der Waals surface area contributed by atoms with E-state index in [0.717, 1.165) is 20.5 Å². The summed E-state index contributed by atoms with van der Waals surface area (Å²) in [5.41, 5.74) is 2.67. The monoisotopic (exact) mass is 602 g/mol. The number of ketones is 1. The van der Waals surface area contributed by atoms with Gasteiger partial charge in [0.2, 0.25) is 5.91 Å². The molecular weight excluding hydrogens is 573 g/mol. The number of benzene rings is 2. The Morgan fingerprint density at radius 1 is 1.19 bits per heavy atom. The van der Waals surface area contributed by atoms with Crippen LogP contribution >= 0.6 is 11.3 Å². The molecule has 6 rings (SSSR count). The lowest BCUT2D eigenvalue weighted by molar-refractivity contribution is -0.384. The first kappa shape index (κ1) is 28.2. The number of amides is 1. The second kappa shape index (κ2) is 10.1. The highest BCUT2D eigenvalue weighted by molar-refractivity contribution is 7.20. The molecule has 1 fully saturated rings. The molecular formula is C31H30N2O7SSi. The molecule has 1 unspecified atom stereocenters. The number of carboxylic acids is 1. The van der Waals surface area contributed by atoms with Crippen molar-refractivity contribution >= 4 is 64.7 Å². The Labute approximate surface area is 247 Å². The maximum atomic E-state index is 13.6. The molecule has 0 bridgehead atoms. The van der Waals surface area contributed by atoms with Crippen molar-refractivity contribution in [2.45, 2.75) is 51.6 Å². The maximum absolute atomic E-state index is 13.6. The number of carbonyl (C=O) groups is 3. The van der Waals surface area contributed by atoms with Gasteiger partial charge in [0.05, 0.1) is 23.0 Å². The van der Waals surface area contributed by atoms with E-state index in [4.69, 9.17) is 4.43 Å². The van der Waals surface area contributed by atoms with E-state index in [9.17, 15) is 29.6 Å². The highest BCUT2D eigenvalue weighted by atomic mass is 32.1. The lowest BCUT2D eigenvalue weighted by atomic mass is 9.73. The number of β-lactam (4-membered cyclic amide) rings is 1. The normalized spacial score (nSPS) is 22.3. The standard InChI is InChI=1S/C31H30N2O7SSi/c1-16(40-42(2,3)4)25-28-21(14-17-8-11-19(12-9-17)33(38)39)26(29(31(36)37)32(28)30(25)35)18-10-13-20-24(15-18)41-23-7-5-6-22(34)27(20)23/h5,7-13,15-16,21,25,28H,6,14H2,1-4H3,(H,36,37)/t16-,21?,25-,28-/m1/s1. The summed E-state index contributed by atoms with van der Waals surface area (Å²) in [5.74, 6) is -2.30. The SMILES string of the molecule is C[C@@H](O[Si](C)(C)C)[C@H]1C(=O)N2C(C(=O)O)=C(c3ccc4c5c(sc4c3)C=CCC5=O)C(Cc3ccc([N+](=O)[O-])cc3)[C@H]12. The van der Waals surface area contributed by atoms with Gasteiger partial charge in [-0.05, 0) is 61.8 Å². The predicted octanol–water partition coefficient (Wildman–Crippen LogP) is 6.14. The number of aliphatic carboxylic acids is 1. The molecule has 11 heteroatoms. The van der Waals surface area contributed by atoms with E-state index in [-0.39, 0.29) is 29.0 Å². The molecule has 42 heavy (non-hydrogen) atoms. The molecule has 2 aliphatic heterocycles. The average Bonchev–Trinajstić information content (AvgIpc) is 3.41. The van der Waals surface area contributed by atoms with Crippen molar-refractivity contribution in [1.82, 2.24) is 4.90 Å². The smallest absolute Gasteiger partial charge is 0.352 e. The quantitative estimate of drug-likeness (QED) is 0.142. The Morgan fingerprint density at radius 2 is 1.90 bits per heavy atom. The Kier molecular flexibility index (Phi) is 6.79. The maximum Gasteiger partial charge on any atom is 0.352 e. The number of hydrogen-bond donors (Lipinski definition) is 1. The van der Waals surface area contributed by atoms with Gasteiger partial charge in [-0.15, -0.1) is 11.3 Å². The summed E-state index contributed by atoms with van der Waals surface area (Å²) in [5, 5.41) is 22.5. The van der Waals surface area contributed by atoms with Crippen LogP contribution in [-0.2, 0) is 20.4 Å². The van der Waals surface area contributed by atoms with Crippen molar-refractivity contribution in [1.29, 1.82) is 0 Å². The van der Waals surface area contributed by atoms with Gasteiger partial charge >= 0.3 is 5.97 Å². The van der Waals surface area contributed by atoms with Gasteiger partial charge in [-0.2, -0.15) is 0 Å². The molecule has 3 aromatic rings. The highest BCUT2D eigenvalue weighted by Crippen LogP contribution is 2.53. The molecule has 4 atom stereocenters. The molecule has 1 saturated heterocycles. The summed E-state index contributed by atoms with van der Waals surface area (Å²) >= 11 is 1.49. The molecule has 0 radical (unpaired) electrons. The lowest BCUT2D eigenvalue weighted by Crippen LogP contribution is -2.65. The number of nitro benzene ring substituents is 1. The van der Waals surface area contributed by atoms with Crippen LogP contribution in [0.25, 0.3) is 21.7 Å². The zero-order valence-electron chi connectivity index (χ0n) is 23.6. The van der Waals surface area contributed by atoms with E-state index in [0.29, 0.717) is 29.5 Å². The Balaban J connectivity index is 1.47. The third kappa shape index (κ3) is 4.61. The zero-order chi connectivity index (χ0) is 30.1. The minimum atomic E-state index is -2.01. The summed E-state index contributed by atoms with van der Waals surface area (Å²) in [6.45, 7) is 8.03. The molecule has 1 aliphatic carbocycles. The van der Waals surface area contributed by atoms with Crippen LogP contribution in [0, 0.1) is 22.0 Å². The molecule has 2 aromatic carbocycles. The summed E-state index contributed by atoms with van der Waals surface area (Å²) in [6, 6.07) is 11.5. The van der Waals surface area contributed by atoms with Crippen molar-refractivity contribution in [2.24, 2.45) is 11.8 Å². The van der Waals surface area contributed by atoms with Crippen molar-refractivity contribution in [3.8, 4) is 0 Å². The number of thiophene rings is 1. The number of rotatable bonds is 8. The minimum Gasteiger partial charge on any atom is -0.477 e. The third-order valence-electron chi connectivity index (χ3n) is 8.20. The van der Waals surface area contributed by atoms with E-state index >= 15 is 0 Å². The van der Waals surface area contributed by atoms with Crippen LogP contribution in [0.1, 0.15) is 39.7 Å². The minimum absolute atomic E-state index is 0.0293. The van der Waals surface area contributed by atoms with Gasteiger partial charge in [-0.1, -0.05) is 30.3 Å². The lowest BCUT2D eigenvalue weighted by Gasteiger charge is -2.49. The fraction of sp³-hybridized carbons (Fsp3) is 0.323. The number of Topliss-reactive ketones (excluding diaryl/α,β-unsaturated/α-hetero) is 1. The van der Waals surface area contributed by atoms with Gasteiger partial charge in [0, 0.05) is 45.0 Å². The van der Waals surface area contributed by atoms with Crippen LogP contribution in [0.2, 0.25) is 19.6 Å². The highest BCUT2D eigenvalue weighted by Gasteiger charge is 2.61. The number of hydrogen-bond acceptors (Lipinski definition) is 7. The van der Waals surface area contributed by atoms with E-state index in [2.05, 4.69) is 19.6 Å². The van der Waals surface area contributed by atoms with Crippen LogP contribution in [0.4, 0.5) is 5.69 Å². The molecule has 216 valence electrons. The summed E-state index contributed by atoms with van der Waals surface area (Å²) in [4.78, 5) is 52.2. The second-order valence-corrected chi connectivity index (χ2v) is 17.6. The molecule has 1 N–H and O–H groups in total. The number of fused-ring (bicyclic) bond motifs is 4. The van der Waals surface area contributed by atoms with Crippen molar-refractivity contribution in [3.05, 3.63) is 85.9 Å². The molecule has 1 amide bonds. The van der Waals surface area contributed by atoms with E-state index < -0.39 is 37.3 Å². The Bertz CT molecular complexity index is 1730. The predicted molar refractivity (Wildman–Crippen MR) is 163 cm³/mol. The summed E-state index contributed by atoms with van der Waals surface area (Å²) in [7, 11) is -2.01. The zero-order valence-corrected chi connectivity index (χ0v) is 25.4. The van der Waals surface area contributed by atoms with Crippen molar-refractivity contribution < 1.29 is 28.8 Å². The topological polar surface area (TPSA) is 127 Å². The average molecular weight is 603 g/mol. The largest absolute Gasteiger partial charge is 0.477 e. The number of carbonyl (C=O) groups excluding carboxylic acids is 2. The van der Waals surface area contributed by atoms with Crippen LogP contribution in [0.3, 0.4) is 0 Å². The van der Waals surface area contributed by atoms with E-state index in [1.807, 2.05) is 37.3 Å². The number of nitrogens with zero attached hydrogens (tertiary/aromatic N) is 2. The number of nitro groups is 1. The Hall–Kier alpha value is -3.93. The van der Waals surface area contributed by atoms with Crippen LogP contribution < -0.4 is 0 Å². The van der Waals surface area contributed by atoms with Gasteiger partial charge in [-0.25, -0.2) is 4.79 Å². The van der Waals surface area contributed by atoms with Crippen LogP contribution in [0.15, 0.2) is 54.2 Å². The van der Waals surface area contributed by atoms with Crippen LogP contribution in [0.5, 0.6) is 0 Å². The molecule has 9 nitrogen and oxygen atoms in total. The number of carboxylic acid groups (broad SMARTS) is 1. The molecule has 0 saturated carbocycles. The molecule has 0 spiro atoms. The van der Waals surface area contributed by atoms with Crippen molar-refractivity contribution in [3.63, 3.8) is 0 Å². The first-order chi connectivity index (χ1) is 19.9. The summed E-state index contributed by atoms with van der Waals surface area (Å²) < 4.78 is 7.20. The first-order valence-electron chi connectivity index (χ1n) is 13.8. The third-order valence-corrected chi connectivity index (χ3v) is 10.4. The second-order valence-electron chi connectivity index (χ2n) is 12.0. The van der Waals surface area contributed by atoms with E-state index in [1.54, 1.807) is 12.1 Å². The fourth-order valence-corrected chi connectivity index (χ4v) is 9.12. The van der Waals surface area contributed by atoms with Gasteiger partial charge in [0.25, 0.3) is 5.69 Å². The summed E-state index contributed by atoms with van der Waals surface area (Å²) in [6.07, 6.45) is 4.14. The first-order valence-corrected chi connectivity index (χ1v) is 18.1. The van der Waals surface area contributed by atoms with Crippen molar-refractivity contribution in [2.75, 3.05) is 0 Å². The molecule has 3 aliphatic rings. The van der Waals surface area contributed by atoms with Gasteiger partial charge in [0.15, 0.2) is 14.1 Å². The molecule has 1 aromatic heterocycles. The number of allylic oxidation sites excluding steroid dienone is 1. The number of non-ortho nitro benzene ring substituents is 1.